The minimum absolute atomic E-state index is 0.0614. The number of aryl methyl sites for hydroxylation is 1. The minimum Gasteiger partial charge on any atom is -0.413 e. The summed E-state index contributed by atoms with van der Waals surface area (Å²) in [5, 5.41) is 6.38. The molecule has 0 saturated carbocycles. The second kappa shape index (κ2) is 9.14. The summed E-state index contributed by atoms with van der Waals surface area (Å²) in [6, 6.07) is 7.09. The molecule has 174 valence electrons. The van der Waals surface area contributed by atoms with E-state index in [0.717, 1.165) is 0 Å². The number of urea groups is 1. The van der Waals surface area contributed by atoms with Gasteiger partial charge in [-0.1, -0.05) is 6.07 Å². The molecule has 1 aliphatic rings. The van der Waals surface area contributed by atoms with Crippen molar-refractivity contribution >= 4 is 11.7 Å². The number of carbonyl (C=O) groups excluding carboxylic acids is 1. The molecule has 8 nitrogen and oxygen atoms in total. The van der Waals surface area contributed by atoms with E-state index in [4.69, 9.17) is 4.74 Å². The molecule has 33 heavy (non-hydrogen) atoms. The second-order valence-electron chi connectivity index (χ2n) is 7.37. The number of alkyl halides is 3. The number of morpholine rings is 1. The van der Waals surface area contributed by atoms with Crippen LogP contribution in [-0.4, -0.2) is 52.4 Å². The first-order chi connectivity index (χ1) is 15.7. The maximum atomic E-state index is 14.7. The van der Waals surface area contributed by atoms with Gasteiger partial charge in [-0.05, 0) is 36.8 Å². The van der Waals surface area contributed by atoms with E-state index in [1.165, 1.54) is 35.4 Å². The number of anilines is 1. The number of nitrogens with zero attached hydrogens (tertiary/aromatic N) is 5. The summed E-state index contributed by atoms with van der Waals surface area (Å²) in [5.41, 5.74) is 1.36. The molecule has 1 aromatic carbocycles. The molecule has 3 heterocycles. The number of pyridine rings is 1. The highest BCUT2D eigenvalue weighted by atomic mass is 19.4. The van der Waals surface area contributed by atoms with Crippen molar-refractivity contribution in [3.63, 3.8) is 0 Å². The van der Waals surface area contributed by atoms with Crippen molar-refractivity contribution in [3.05, 3.63) is 59.5 Å². The lowest BCUT2D eigenvalue weighted by molar-refractivity contribution is -0.156. The number of rotatable bonds is 4. The molecular weight excluding hydrogens is 446 g/mol. The zero-order chi connectivity index (χ0) is 23.6. The Kier molecular flexibility index (Phi) is 6.27. The molecular formula is C21H19F4N5O3. The summed E-state index contributed by atoms with van der Waals surface area (Å²) in [6.45, 7) is 3.18. The number of ether oxygens (including phenoxy) is 1. The van der Waals surface area contributed by atoms with E-state index in [9.17, 15) is 22.4 Å². The number of carbonyl (C=O) groups is 1. The summed E-state index contributed by atoms with van der Waals surface area (Å²) in [7, 11) is 0. The number of aromatic nitrogens is 3. The highest BCUT2D eigenvalue weighted by molar-refractivity contribution is 5.92. The summed E-state index contributed by atoms with van der Waals surface area (Å²) in [6.07, 6.45) is -3.50. The van der Waals surface area contributed by atoms with Gasteiger partial charge in [0.25, 0.3) is 0 Å². The zero-order valence-corrected chi connectivity index (χ0v) is 17.5. The van der Waals surface area contributed by atoms with Gasteiger partial charge in [0, 0.05) is 19.3 Å². The van der Waals surface area contributed by atoms with Gasteiger partial charge in [-0.25, -0.2) is 9.18 Å². The number of halogens is 4. The molecule has 2 amide bonds. The Hall–Kier alpha value is -3.54. The van der Waals surface area contributed by atoms with Gasteiger partial charge in [-0.2, -0.15) is 13.2 Å². The second-order valence-corrected chi connectivity index (χ2v) is 7.37. The van der Waals surface area contributed by atoms with Gasteiger partial charge >= 0.3 is 18.1 Å². The predicted octanol–water partition coefficient (Wildman–Crippen LogP) is 4.06. The van der Waals surface area contributed by atoms with Crippen LogP contribution in [0.15, 0.2) is 40.9 Å². The Morgan fingerprint density at radius 1 is 1.15 bits per heavy atom. The van der Waals surface area contributed by atoms with E-state index in [1.807, 2.05) is 0 Å². The van der Waals surface area contributed by atoms with Crippen LogP contribution in [0.4, 0.5) is 28.0 Å². The fourth-order valence-corrected chi connectivity index (χ4v) is 3.27. The summed E-state index contributed by atoms with van der Waals surface area (Å²) in [4.78, 5) is 20.2. The van der Waals surface area contributed by atoms with Gasteiger partial charge in [-0.15, -0.1) is 10.2 Å². The van der Waals surface area contributed by atoms with E-state index in [2.05, 4.69) is 19.6 Å². The van der Waals surface area contributed by atoms with Gasteiger partial charge in [0.15, 0.2) is 0 Å². The molecule has 1 aliphatic heterocycles. The molecule has 0 spiro atoms. The molecule has 0 unspecified atom stereocenters. The Morgan fingerprint density at radius 2 is 1.91 bits per heavy atom. The Morgan fingerprint density at radius 3 is 2.52 bits per heavy atom. The fraction of sp³-hybridized carbons (Fsp3) is 0.333. The lowest BCUT2D eigenvalue weighted by Gasteiger charge is -2.33. The molecule has 0 aliphatic carbocycles. The van der Waals surface area contributed by atoms with Gasteiger partial charge in [0.1, 0.15) is 5.82 Å². The SMILES string of the molecule is Cc1ccc(N(Cc2ccc(-c3nnc(C(F)(F)F)o3)cn2)C(=O)N2CCOCC2)c(F)c1. The fourth-order valence-electron chi connectivity index (χ4n) is 3.27. The van der Waals surface area contributed by atoms with Crippen LogP contribution in [0.1, 0.15) is 17.1 Å². The van der Waals surface area contributed by atoms with Crippen LogP contribution in [0, 0.1) is 12.7 Å². The highest BCUT2D eigenvalue weighted by Crippen LogP contribution is 2.30. The third kappa shape index (κ3) is 5.11. The number of hydrogen-bond acceptors (Lipinski definition) is 6. The molecule has 12 heteroatoms. The van der Waals surface area contributed by atoms with Crippen molar-refractivity contribution in [1.82, 2.24) is 20.1 Å². The first kappa shape index (κ1) is 22.6. The monoisotopic (exact) mass is 465 g/mol. The van der Waals surface area contributed by atoms with Crippen LogP contribution in [-0.2, 0) is 17.5 Å². The normalized spacial score (nSPS) is 14.4. The number of hydrogen-bond donors (Lipinski definition) is 0. The molecule has 0 atom stereocenters. The number of benzene rings is 1. The van der Waals surface area contributed by atoms with Crippen LogP contribution in [0.25, 0.3) is 11.5 Å². The summed E-state index contributed by atoms with van der Waals surface area (Å²) in [5.74, 6) is -2.36. The quantitative estimate of drug-likeness (QED) is 0.541. The van der Waals surface area contributed by atoms with E-state index >= 15 is 0 Å². The molecule has 0 N–H and O–H groups in total. The van der Waals surface area contributed by atoms with Crippen LogP contribution in [0.2, 0.25) is 0 Å². The Bertz CT molecular complexity index is 1130. The number of amides is 2. The summed E-state index contributed by atoms with van der Waals surface area (Å²) >= 11 is 0. The molecule has 2 aromatic heterocycles. The van der Waals surface area contributed by atoms with Gasteiger partial charge in [-0.3, -0.25) is 9.88 Å². The molecule has 0 radical (unpaired) electrons. The maximum Gasteiger partial charge on any atom is 0.470 e. The van der Waals surface area contributed by atoms with Crippen LogP contribution in [0.3, 0.4) is 0 Å². The average molecular weight is 465 g/mol. The predicted molar refractivity (Wildman–Crippen MR) is 108 cm³/mol. The topological polar surface area (TPSA) is 84.6 Å². The van der Waals surface area contributed by atoms with Crippen molar-refractivity contribution in [2.75, 3.05) is 31.2 Å². The summed E-state index contributed by atoms with van der Waals surface area (Å²) < 4.78 is 62.7. The van der Waals surface area contributed by atoms with Crippen molar-refractivity contribution in [2.45, 2.75) is 19.6 Å². The maximum absolute atomic E-state index is 14.7. The minimum atomic E-state index is -4.75. The van der Waals surface area contributed by atoms with Crippen molar-refractivity contribution in [3.8, 4) is 11.5 Å². The molecule has 1 saturated heterocycles. The third-order valence-corrected chi connectivity index (χ3v) is 4.97. The first-order valence-corrected chi connectivity index (χ1v) is 9.99. The molecule has 0 bridgehead atoms. The van der Waals surface area contributed by atoms with Crippen LogP contribution >= 0.6 is 0 Å². The van der Waals surface area contributed by atoms with Crippen LogP contribution in [0.5, 0.6) is 0 Å². The molecule has 4 rings (SSSR count). The van der Waals surface area contributed by atoms with Gasteiger partial charge in [0.05, 0.1) is 36.7 Å². The smallest absolute Gasteiger partial charge is 0.413 e. The molecule has 1 fully saturated rings. The van der Waals surface area contributed by atoms with Crippen molar-refractivity contribution in [2.24, 2.45) is 0 Å². The standard InChI is InChI=1S/C21H19F4N5O3/c1-13-2-5-17(16(22)10-13)30(20(31)29-6-8-32-9-7-29)12-15-4-3-14(11-26-15)18-27-28-19(33-18)21(23,24)25/h2-5,10-11H,6-9,12H2,1H3. The third-order valence-electron chi connectivity index (χ3n) is 4.97. The van der Waals surface area contributed by atoms with Gasteiger partial charge < -0.3 is 14.1 Å². The van der Waals surface area contributed by atoms with E-state index < -0.39 is 23.9 Å². The van der Waals surface area contributed by atoms with E-state index in [-0.39, 0.29) is 23.7 Å². The first-order valence-electron chi connectivity index (χ1n) is 9.99. The average Bonchev–Trinajstić information content (AvgIpc) is 3.30. The lowest BCUT2D eigenvalue weighted by atomic mass is 10.2. The Labute approximate surface area is 185 Å². The lowest BCUT2D eigenvalue weighted by Crippen LogP contribution is -2.48. The van der Waals surface area contributed by atoms with E-state index in [1.54, 1.807) is 17.9 Å². The highest BCUT2D eigenvalue weighted by Gasteiger charge is 2.38. The largest absolute Gasteiger partial charge is 0.470 e. The van der Waals surface area contributed by atoms with Gasteiger partial charge in [0.2, 0.25) is 5.89 Å². The van der Waals surface area contributed by atoms with E-state index in [0.29, 0.717) is 37.6 Å². The molecule has 3 aromatic rings. The van der Waals surface area contributed by atoms with Crippen molar-refractivity contribution < 1.29 is 31.5 Å². The van der Waals surface area contributed by atoms with Crippen molar-refractivity contribution in [1.29, 1.82) is 0 Å². The van der Waals surface area contributed by atoms with Crippen LogP contribution < -0.4 is 4.90 Å². The Balaban J connectivity index is 1.59. The zero-order valence-electron chi connectivity index (χ0n) is 17.5.